The lowest BCUT2D eigenvalue weighted by atomic mass is 10.2. The molecule has 0 aliphatic carbocycles. The predicted octanol–water partition coefficient (Wildman–Crippen LogP) is -2.19. The smallest absolute Gasteiger partial charge is 0.224 e. The molecule has 0 saturated carbocycles. The monoisotopic (exact) mass is 284 g/mol. The lowest BCUT2D eigenvalue weighted by molar-refractivity contribution is -0.111. The van der Waals surface area contributed by atoms with Crippen LogP contribution < -0.4 is 11.5 Å². The number of H-pyrrole nitrogens is 1. The van der Waals surface area contributed by atoms with E-state index in [1.54, 1.807) is 0 Å². The topological polar surface area (TPSA) is 184 Å². The predicted molar refractivity (Wildman–Crippen MR) is 70.3 cm³/mol. The van der Waals surface area contributed by atoms with Crippen LogP contribution in [0, 0.1) is 0 Å². The number of aldehydes is 1. The molecule has 110 valence electrons. The van der Waals surface area contributed by atoms with Crippen molar-refractivity contribution in [1.29, 1.82) is 0 Å². The average molecular weight is 284 g/mol. The number of aromatic amines is 1. The minimum atomic E-state index is -1.20. The quantitative estimate of drug-likeness (QED) is 0.339. The van der Waals surface area contributed by atoms with Gasteiger partial charge in [0.25, 0.3) is 0 Å². The Bertz CT molecular complexity index is 560. The Morgan fingerprint density at radius 3 is 2.60 bits per heavy atom. The molecular formula is C10H16N6O4. The van der Waals surface area contributed by atoms with E-state index in [4.69, 9.17) is 26.8 Å². The first-order chi connectivity index (χ1) is 9.49. The van der Waals surface area contributed by atoms with E-state index in [1.807, 2.05) is 0 Å². The number of nitrogens with one attached hydrogen (secondary N) is 1. The number of hydrogen-bond acceptors (Lipinski definition) is 9. The number of aromatic nitrogens is 4. The standard InChI is InChI=1S/C5H6N6.C5H10O4/c6-3-2-4(9-1-8-2)11-5(7)10-3;6-2-1-4(8)5(9)3-7/h1H,(H5,6,7,8,9,10,11);2,4-5,7-9H,1,3H2/t;4-,5+/m.0/s1. The maximum atomic E-state index is 9.68. The van der Waals surface area contributed by atoms with Gasteiger partial charge in [-0.2, -0.15) is 9.97 Å². The van der Waals surface area contributed by atoms with E-state index < -0.39 is 18.8 Å². The number of aliphatic hydroxyl groups excluding tert-OH is 3. The van der Waals surface area contributed by atoms with E-state index in [1.165, 1.54) is 6.33 Å². The summed E-state index contributed by atoms with van der Waals surface area (Å²) in [6, 6.07) is 0. The molecule has 8 N–H and O–H groups in total. The van der Waals surface area contributed by atoms with Gasteiger partial charge >= 0.3 is 0 Å². The second-order valence-electron chi connectivity index (χ2n) is 3.79. The van der Waals surface area contributed by atoms with Crippen LogP contribution >= 0.6 is 0 Å². The number of anilines is 2. The van der Waals surface area contributed by atoms with Crippen LogP contribution in [0.25, 0.3) is 11.2 Å². The van der Waals surface area contributed by atoms with Crippen LogP contribution in [0.15, 0.2) is 6.33 Å². The zero-order valence-electron chi connectivity index (χ0n) is 10.5. The molecule has 0 spiro atoms. The van der Waals surface area contributed by atoms with Crippen molar-refractivity contribution in [2.75, 3.05) is 18.1 Å². The number of hydrogen-bond donors (Lipinski definition) is 6. The number of aliphatic hydroxyl groups is 3. The number of carbonyl (C=O) groups excluding carboxylic acids is 1. The highest BCUT2D eigenvalue weighted by Gasteiger charge is 2.13. The molecule has 0 bridgehead atoms. The Labute approximate surface area is 113 Å². The van der Waals surface area contributed by atoms with E-state index in [-0.39, 0.29) is 12.4 Å². The maximum absolute atomic E-state index is 9.68. The molecule has 0 aliphatic rings. The van der Waals surface area contributed by atoms with Gasteiger partial charge < -0.3 is 36.6 Å². The molecule has 10 nitrogen and oxygen atoms in total. The van der Waals surface area contributed by atoms with Crippen molar-refractivity contribution in [3.05, 3.63) is 6.33 Å². The number of rotatable bonds is 4. The molecule has 2 rings (SSSR count). The maximum Gasteiger partial charge on any atom is 0.224 e. The van der Waals surface area contributed by atoms with Crippen LogP contribution in [0.2, 0.25) is 0 Å². The summed E-state index contributed by atoms with van der Waals surface area (Å²) in [5.74, 6) is 0.465. The van der Waals surface area contributed by atoms with E-state index in [2.05, 4.69) is 19.9 Å². The third-order valence-corrected chi connectivity index (χ3v) is 2.30. The van der Waals surface area contributed by atoms with Crippen molar-refractivity contribution in [2.45, 2.75) is 18.6 Å². The lowest BCUT2D eigenvalue weighted by Gasteiger charge is -2.11. The molecule has 0 fully saturated rings. The SMILES string of the molecule is Nc1nc(N)c2[nH]cnc2n1.O=CC[C@H](O)[C@H](O)CO. The van der Waals surface area contributed by atoms with Crippen molar-refractivity contribution in [3.63, 3.8) is 0 Å². The summed E-state index contributed by atoms with van der Waals surface area (Å²) in [7, 11) is 0. The van der Waals surface area contributed by atoms with Crippen molar-refractivity contribution < 1.29 is 20.1 Å². The Morgan fingerprint density at radius 1 is 1.30 bits per heavy atom. The van der Waals surface area contributed by atoms with Gasteiger partial charge in [-0.25, -0.2) is 4.98 Å². The fourth-order valence-electron chi connectivity index (χ4n) is 1.25. The molecule has 0 amide bonds. The second-order valence-corrected chi connectivity index (χ2v) is 3.79. The number of nitrogens with two attached hydrogens (primary N) is 2. The Balaban J connectivity index is 0.000000206. The van der Waals surface area contributed by atoms with Crippen LogP contribution in [0.4, 0.5) is 11.8 Å². The van der Waals surface area contributed by atoms with Crippen molar-refractivity contribution in [3.8, 4) is 0 Å². The molecule has 0 saturated heterocycles. The summed E-state index contributed by atoms with van der Waals surface area (Å²) in [5.41, 5.74) is 11.9. The van der Waals surface area contributed by atoms with Crippen molar-refractivity contribution in [1.82, 2.24) is 19.9 Å². The van der Waals surface area contributed by atoms with Crippen LogP contribution in [-0.2, 0) is 4.79 Å². The fraction of sp³-hybridized carbons (Fsp3) is 0.400. The first-order valence-corrected chi connectivity index (χ1v) is 5.62. The van der Waals surface area contributed by atoms with Gasteiger partial charge in [-0.15, -0.1) is 0 Å². The number of nitrogen functional groups attached to an aromatic ring is 2. The highest BCUT2D eigenvalue weighted by molar-refractivity contribution is 5.81. The first kappa shape index (κ1) is 15.8. The van der Waals surface area contributed by atoms with Crippen LogP contribution in [0.3, 0.4) is 0 Å². The fourth-order valence-corrected chi connectivity index (χ4v) is 1.25. The van der Waals surface area contributed by atoms with Crippen LogP contribution in [-0.4, -0.2) is 60.4 Å². The molecule has 0 unspecified atom stereocenters. The molecule has 2 atom stereocenters. The summed E-state index contributed by atoms with van der Waals surface area (Å²) in [6.45, 7) is -0.519. The lowest BCUT2D eigenvalue weighted by Crippen LogP contribution is -2.29. The van der Waals surface area contributed by atoms with Crippen LogP contribution in [0.5, 0.6) is 0 Å². The normalized spacial score (nSPS) is 13.3. The van der Waals surface area contributed by atoms with Gasteiger partial charge in [-0.05, 0) is 0 Å². The summed E-state index contributed by atoms with van der Waals surface area (Å²) >= 11 is 0. The summed E-state index contributed by atoms with van der Waals surface area (Å²) in [5, 5.41) is 25.5. The van der Waals surface area contributed by atoms with Gasteiger partial charge in [-0.3, -0.25) is 0 Å². The molecule has 0 radical (unpaired) electrons. The minimum absolute atomic E-state index is 0.137. The van der Waals surface area contributed by atoms with Gasteiger partial charge in [0.15, 0.2) is 11.5 Å². The number of nitrogens with zero attached hydrogens (tertiary/aromatic N) is 3. The van der Waals surface area contributed by atoms with Gasteiger partial charge in [0.1, 0.15) is 17.9 Å². The molecule has 0 aromatic carbocycles. The Hall–Kier alpha value is -2.30. The van der Waals surface area contributed by atoms with Gasteiger partial charge in [0.05, 0.1) is 19.0 Å². The zero-order valence-corrected chi connectivity index (χ0v) is 10.5. The zero-order chi connectivity index (χ0) is 15.1. The third-order valence-electron chi connectivity index (χ3n) is 2.30. The highest BCUT2D eigenvalue weighted by Crippen LogP contribution is 2.12. The second kappa shape index (κ2) is 7.33. The first-order valence-electron chi connectivity index (χ1n) is 5.62. The van der Waals surface area contributed by atoms with Crippen molar-refractivity contribution in [2.24, 2.45) is 0 Å². The minimum Gasteiger partial charge on any atom is -0.394 e. The van der Waals surface area contributed by atoms with E-state index in [0.717, 1.165) is 0 Å². The van der Waals surface area contributed by atoms with Gasteiger partial charge in [0, 0.05) is 6.42 Å². The van der Waals surface area contributed by atoms with Gasteiger partial charge in [-0.1, -0.05) is 0 Å². The molecule has 20 heavy (non-hydrogen) atoms. The summed E-state index contributed by atoms with van der Waals surface area (Å²) in [4.78, 5) is 23.9. The molecule has 10 heteroatoms. The number of fused-ring (bicyclic) bond motifs is 1. The van der Waals surface area contributed by atoms with E-state index in [9.17, 15) is 4.79 Å². The van der Waals surface area contributed by atoms with E-state index in [0.29, 0.717) is 23.3 Å². The molecule has 2 aromatic heterocycles. The molecule has 2 heterocycles. The molecular weight excluding hydrogens is 268 g/mol. The molecule has 2 aromatic rings. The number of imidazole rings is 1. The van der Waals surface area contributed by atoms with E-state index >= 15 is 0 Å². The van der Waals surface area contributed by atoms with Crippen molar-refractivity contribution >= 4 is 29.2 Å². The number of carbonyl (C=O) groups is 1. The summed E-state index contributed by atoms with van der Waals surface area (Å²) < 4.78 is 0. The molecule has 0 aliphatic heterocycles. The van der Waals surface area contributed by atoms with Gasteiger partial charge in [0.2, 0.25) is 5.95 Å². The Kier molecular flexibility index (Phi) is 5.77. The largest absolute Gasteiger partial charge is 0.394 e. The Morgan fingerprint density at radius 2 is 2.00 bits per heavy atom. The summed E-state index contributed by atoms with van der Waals surface area (Å²) in [6.07, 6.45) is -0.483. The van der Waals surface area contributed by atoms with Crippen LogP contribution in [0.1, 0.15) is 6.42 Å². The highest BCUT2D eigenvalue weighted by atomic mass is 16.4. The third kappa shape index (κ3) is 4.12. The average Bonchev–Trinajstić information content (AvgIpc) is 2.87.